The summed E-state index contributed by atoms with van der Waals surface area (Å²) in [5.74, 6) is 0.939. The molecule has 110 valence electrons. The Bertz CT molecular complexity index is 626. The van der Waals surface area contributed by atoms with E-state index >= 15 is 0 Å². The molecule has 21 heavy (non-hydrogen) atoms. The number of amides is 1. The van der Waals surface area contributed by atoms with Gasteiger partial charge in [0.25, 0.3) is 0 Å². The summed E-state index contributed by atoms with van der Waals surface area (Å²) in [6, 6.07) is 9.96. The van der Waals surface area contributed by atoms with Crippen molar-refractivity contribution in [2.24, 2.45) is 7.05 Å². The summed E-state index contributed by atoms with van der Waals surface area (Å²) in [6.07, 6.45) is 3.01. The van der Waals surface area contributed by atoms with E-state index in [4.69, 9.17) is 0 Å². The van der Waals surface area contributed by atoms with Gasteiger partial charge in [-0.25, -0.2) is 0 Å². The molecule has 0 spiro atoms. The molecule has 1 aliphatic rings. The van der Waals surface area contributed by atoms with Crippen LogP contribution in [0.4, 0.5) is 0 Å². The van der Waals surface area contributed by atoms with Gasteiger partial charge >= 0.3 is 0 Å². The molecule has 1 fully saturated rings. The minimum absolute atomic E-state index is 0.0703. The Morgan fingerprint density at radius 3 is 2.86 bits per heavy atom. The molecule has 0 aliphatic carbocycles. The van der Waals surface area contributed by atoms with Crippen molar-refractivity contribution in [1.29, 1.82) is 0 Å². The number of rotatable bonds is 3. The van der Waals surface area contributed by atoms with E-state index in [-0.39, 0.29) is 11.2 Å². The third-order valence-electron chi connectivity index (χ3n) is 3.60. The molecule has 1 amide bonds. The van der Waals surface area contributed by atoms with Gasteiger partial charge in [-0.05, 0) is 12.8 Å². The third kappa shape index (κ3) is 3.10. The fourth-order valence-electron chi connectivity index (χ4n) is 2.41. The van der Waals surface area contributed by atoms with E-state index < -0.39 is 0 Å². The normalized spacial score (nSPS) is 19.1. The lowest BCUT2D eigenvalue weighted by molar-refractivity contribution is -0.120. The maximum atomic E-state index is 12.0. The van der Waals surface area contributed by atoms with Gasteiger partial charge in [-0.3, -0.25) is 4.79 Å². The van der Waals surface area contributed by atoms with Crippen LogP contribution < -0.4 is 5.32 Å². The first-order chi connectivity index (χ1) is 10.3. The predicted octanol–water partition coefficient (Wildman–Crippen LogP) is 2.24. The lowest BCUT2D eigenvalue weighted by Gasteiger charge is -2.11. The van der Waals surface area contributed by atoms with Gasteiger partial charge < -0.3 is 9.88 Å². The van der Waals surface area contributed by atoms with E-state index in [1.54, 1.807) is 0 Å². The molecule has 3 rings (SSSR count). The molecule has 5 nitrogen and oxygen atoms in total. The largest absolute Gasteiger partial charge is 0.355 e. The summed E-state index contributed by atoms with van der Waals surface area (Å²) in [6.45, 7) is 0.782. The molecule has 1 N–H and O–H groups in total. The highest BCUT2D eigenvalue weighted by Crippen LogP contribution is 2.28. The fourth-order valence-corrected chi connectivity index (χ4v) is 3.47. The first-order valence-corrected chi connectivity index (χ1v) is 8.03. The van der Waals surface area contributed by atoms with Crippen LogP contribution in [0.2, 0.25) is 0 Å². The van der Waals surface area contributed by atoms with Crippen molar-refractivity contribution < 1.29 is 4.79 Å². The van der Waals surface area contributed by atoms with E-state index in [1.807, 2.05) is 41.9 Å². The Balaban J connectivity index is 1.81. The highest BCUT2D eigenvalue weighted by molar-refractivity contribution is 8.00. The van der Waals surface area contributed by atoms with Crippen LogP contribution in [0, 0.1) is 0 Å². The van der Waals surface area contributed by atoms with Gasteiger partial charge in [0.2, 0.25) is 5.91 Å². The molecule has 0 radical (unpaired) electrons. The number of nitrogens with zero attached hydrogens (tertiary/aromatic N) is 3. The first-order valence-electron chi connectivity index (χ1n) is 7.15. The zero-order valence-electron chi connectivity index (χ0n) is 12.0. The smallest absolute Gasteiger partial charge is 0.233 e. The van der Waals surface area contributed by atoms with Crippen LogP contribution in [-0.4, -0.2) is 32.5 Å². The molecule has 1 aromatic heterocycles. The minimum atomic E-state index is -0.0703. The highest BCUT2D eigenvalue weighted by Gasteiger charge is 2.24. The summed E-state index contributed by atoms with van der Waals surface area (Å²) in [5, 5.41) is 12.2. The number of nitrogens with one attached hydrogen (secondary N) is 1. The molecule has 1 atom stereocenters. The van der Waals surface area contributed by atoms with Gasteiger partial charge in [0.15, 0.2) is 11.0 Å². The Hall–Kier alpha value is -1.82. The summed E-state index contributed by atoms with van der Waals surface area (Å²) in [7, 11) is 1.94. The van der Waals surface area contributed by atoms with Gasteiger partial charge in [0.05, 0.1) is 5.25 Å². The molecule has 0 bridgehead atoms. The van der Waals surface area contributed by atoms with E-state index in [0.717, 1.165) is 42.4 Å². The van der Waals surface area contributed by atoms with Gasteiger partial charge in [0.1, 0.15) is 0 Å². The quantitative estimate of drug-likeness (QED) is 0.944. The molecule has 6 heteroatoms. The average Bonchev–Trinajstić information content (AvgIpc) is 2.74. The maximum Gasteiger partial charge on any atom is 0.233 e. The zero-order chi connectivity index (χ0) is 14.7. The van der Waals surface area contributed by atoms with Crippen molar-refractivity contribution in [3.63, 3.8) is 0 Å². The van der Waals surface area contributed by atoms with E-state index in [9.17, 15) is 4.79 Å². The maximum absolute atomic E-state index is 12.0. The topological polar surface area (TPSA) is 59.8 Å². The van der Waals surface area contributed by atoms with Crippen LogP contribution in [-0.2, 0) is 11.8 Å². The number of thioether (sulfide) groups is 1. The van der Waals surface area contributed by atoms with Crippen LogP contribution >= 0.6 is 11.8 Å². The summed E-state index contributed by atoms with van der Waals surface area (Å²) < 4.78 is 1.96. The van der Waals surface area contributed by atoms with Crippen LogP contribution in [0.25, 0.3) is 11.4 Å². The van der Waals surface area contributed by atoms with Crippen LogP contribution in [0.1, 0.15) is 19.3 Å². The number of hydrogen-bond acceptors (Lipinski definition) is 4. The SMILES string of the molecule is Cn1c(S[C@@H]2CCCCNC2=O)nnc1-c1ccccc1. The third-order valence-corrected chi connectivity index (χ3v) is 4.90. The molecular formula is C15H18N4OS. The molecule has 0 saturated carbocycles. The molecule has 2 aromatic rings. The number of carbonyl (C=O) groups is 1. The molecular weight excluding hydrogens is 284 g/mol. The van der Waals surface area contributed by atoms with Crippen LogP contribution in [0.5, 0.6) is 0 Å². The van der Waals surface area contributed by atoms with Gasteiger partial charge in [-0.1, -0.05) is 48.5 Å². The Kier molecular flexibility index (Phi) is 4.24. The predicted molar refractivity (Wildman–Crippen MR) is 82.9 cm³/mol. The summed E-state index contributed by atoms with van der Waals surface area (Å²) in [4.78, 5) is 12.0. The monoisotopic (exact) mass is 302 g/mol. The van der Waals surface area contributed by atoms with E-state index in [1.165, 1.54) is 11.8 Å². The van der Waals surface area contributed by atoms with Crippen molar-refractivity contribution in [3.8, 4) is 11.4 Å². The first kappa shape index (κ1) is 14.1. The molecule has 2 heterocycles. The molecule has 1 aromatic carbocycles. The second kappa shape index (κ2) is 6.30. The van der Waals surface area contributed by atoms with Gasteiger partial charge in [0, 0.05) is 19.2 Å². The standard InChI is InChI=1S/C15H18N4OS/c1-19-13(11-7-3-2-4-8-11)17-18-15(19)21-12-9-5-6-10-16-14(12)20/h2-4,7-8,12H,5-6,9-10H2,1H3,(H,16,20)/t12-/m1/s1. The van der Waals surface area contributed by atoms with Crippen molar-refractivity contribution >= 4 is 17.7 Å². The number of benzene rings is 1. The van der Waals surface area contributed by atoms with E-state index in [2.05, 4.69) is 15.5 Å². The van der Waals surface area contributed by atoms with Crippen molar-refractivity contribution in [2.75, 3.05) is 6.54 Å². The lowest BCUT2D eigenvalue weighted by atomic mass is 10.2. The molecule has 0 unspecified atom stereocenters. The molecule has 1 saturated heterocycles. The van der Waals surface area contributed by atoms with Crippen LogP contribution in [0.15, 0.2) is 35.5 Å². The number of hydrogen-bond donors (Lipinski definition) is 1. The Labute approximate surface area is 128 Å². The Morgan fingerprint density at radius 1 is 1.24 bits per heavy atom. The number of aromatic nitrogens is 3. The highest BCUT2D eigenvalue weighted by atomic mass is 32.2. The van der Waals surface area contributed by atoms with Gasteiger partial charge in [-0.2, -0.15) is 0 Å². The second-order valence-corrected chi connectivity index (χ2v) is 6.29. The number of carbonyl (C=O) groups excluding carboxylic acids is 1. The van der Waals surface area contributed by atoms with Crippen LogP contribution in [0.3, 0.4) is 0 Å². The van der Waals surface area contributed by atoms with E-state index in [0.29, 0.717) is 0 Å². The average molecular weight is 302 g/mol. The minimum Gasteiger partial charge on any atom is -0.355 e. The summed E-state index contributed by atoms with van der Waals surface area (Å²) in [5.41, 5.74) is 1.03. The second-order valence-electron chi connectivity index (χ2n) is 5.12. The Morgan fingerprint density at radius 2 is 2.05 bits per heavy atom. The zero-order valence-corrected chi connectivity index (χ0v) is 12.8. The van der Waals surface area contributed by atoms with Crippen molar-refractivity contribution in [3.05, 3.63) is 30.3 Å². The molecule has 1 aliphatic heterocycles. The lowest BCUT2D eigenvalue weighted by Crippen LogP contribution is -2.30. The van der Waals surface area contributed by atoms with Crippen molar-refractivity contribution in [1.82, 2.24) is 20.1 Å². The summed E-state index contributed by atoms with van der Waals surface area (Å²) >= 11 is 1.51. The van der Waals surface area contributed by atoms with Crippen molar-refractivity contribution in [2.45, 2.75) is 29.7 Å². The van der Waals surface area contributed by atoms with Gasteiger partial charge in [-0.15, -0.1) is 10.2 Å². The fraction of sp³-hybridized carbons (Fsp3) is 0.400.